The number of rotatable bonds is 10. The molecule has 0 bridgehead atoms. The Hall–Kier alpha value is -3.45. The van der Waals surface area contributed by atoms with Gasteiger partial charge in [0.05, 0.1) is 11.5 Å². The van der Waals surface area contributed by atoms with Crippen molar-refractivity contribution in [2.75, 3.05) is 13.2 Å². The Morgan fingerprint density at radius 2 is 1.49 bits per heavy atom. The van der Waals surface area contributed by atoms with Crippen LogP contribution in [0.1, 0.15) is 41.9 Å². The van der Waals surface area contributed by atoms with Crippen LogP contribution >= 0.6 is 11.8 Å². The van der Waals surface area contributed by atoms with Gasteiger partial charge < -0.3 is 4.74 Å². The zero-order valence-electron chi connectivity index (χ0n) is 20.1. The fourth-order valence-electron chi connectivity index (χ4n) is 3.63. The molecule has 6 nitrogen and oxygen atoms in total. The van der Waals surface area contributed by atoms with Gasteiger partial charge in [-0.2, -0.15) is 0 Å². The van der Waals surface area contributed by atoms with Crippen LogP contribution in [0.3, 0.4) is 0 Å². The summed E-state index contributed by atoms with van der Waals surface area (Å²) in [5, 5.41) is -0.244. The molecule has 0 saturated carbocycles. The molecular formula is C28H29N3O3S. The first-order valence-electron chi connectivity index (χ1n) is 11.9. The molecule has 1 fully saturated rings. The third-order valence-electron chi connectivity index (χ3n) is 5.86. The zero-order chi connectivity index (χ0) is 24.6. The number of ether oxygens (including phenoxy) is 1. The largest absolute Gasteiger partial charge is 0.493 e. The minimum atomic E-state index is -0.257. The molecule has 0 aliphatic carbocycles. The Morgan fingerprint density at radius 1 is 0.857 bits per heavy atom. The van der Waals surface area contributed by atoms with Crippen LogP contribution in [0.2, 0.25) is 0 Å². The highest BCUT2D eigenvalue weighted by Crippen LogP contribution is 2.32. The number of carbonyl (C=O) groups is 2. The molecule has 180 valence electrons. The molecule has 2 amide bonds. The maximum absolute atomic E-state index is 12.8. The summed E-state index contributed by atoms with van der Waals surface area (Å²) >= 11 is 0.976. The number of hydrogen-bond acceptors (Lipinski definition) is 6. The first kappa shape index (κ1) is 24.7. The number of benzene rings is 1. The quantitative estimate of drug-likeness (QED) is 0.352. The van der Waals surface area contributed by atoms with E-state index in [9.17, 15) is 9.59 Å². The van der Waals surface area contributed by atoms with Gasteiger partial charge in [0.25, 0.3) is 11.1 Å². The van der Waals surface area contributed by atoms with Crippen molar-refractivity contribution in [3.8, 4) is 5.75 Å². The van der Waals surface area contributed by atoms with Gasteiger partial charge in [-0.3, -0.25) is 24.5 Å². The molecule has 0 spiro atoms. The van der Waals surface area contributed by atoms with Gasteiger partial charge in [-0.15, -0.1) is 0 Å². The third kappa shape index (κ3) is 6.57. The smallest absolute Gasteiger partial charge is 0.293 e. The van der Waals surface area contributed by atoms with Gasteiger partial charge >= 0.3 is 0 Å². The van der Waals surface area contributed by atoms with Crippen LogP contribution in [0.4, 0.5) is 4.79 Å². The van der Waals surface area contributed by atoms with Crippen molar-refractivity contribution in [1.82, 2.24) is 14.9 Å². The Labute approximate surface area is 210 Å². The molecule has 1 saturated heterocycles. The lowest BCUT2D eigenvalue weighted by molar-refractivity contribution is -0.122. The summed E-state index contributed by atoms with van der Waals surface area (Å²) in [6.07, 6.45) is 8.69. The van der Waals surface area contributed by atoms with Crippen molar-refractivity contribution in [3.63, 3.8) is 0 Å². The van der Waals surface area contributed by atoms with Gasteiger partial charge in [-0.05, 0) is 71.6 Å². The number of aryl methyl sites for hydroxylation is 2. The summed E-state index contributed by atoms with van der Waals surface area (Å²) in [6, 6.07) is 15.6. The SMILES string of the molecule is CCc1ccc(CCOc2ccc(/C=C3/SC(=O)N(CCc4ccc(CC)cn4)C3=O)cc2)nc1. The number of amides is 2. The lowest BCUT2D eigenvalue weighted by Gasteiger charge is -2.12. The summed E-state index contributed by atoms with van der Waals surface area (Å²) in [7, 11) is 0. The molecule has 7 heteroatoms. The summed E-state index contributed by atoms with van der Waals surface area (Å²) in [4.78, 5) is 35.8. The van der Waals surface area contributed by atoms with Crippen LogP contribution < -0.4 is 4.74 Å². The van der Waals surface area contributed by atoms with Crippen molar-refractivity contribution >= 4 is 29.0 Å². The second-order valence-corrected chi connectivity index (χ2v) is 9.27. The summed E-state index contributed by atoms with van der Waals surface area (Å²) in [6.45, 7) is 5.05. The van der Waals surface area contributed by atoms with Crippen LogP contribution in [0, 0.1) is 0 Å². The van der Waals surface area contributed by atoms with Gasteiger partial charge in [-0.1, -0.05) is 38.1 Å². The average Bonchev–Trinajstić information content (AvgIpc) is 3.16. The second-order valence-electron chi connectivity index (χ2n) is 8.27. The van der Waals surface area contributed by atoms with E-state index in [0.29, 0.717) is 24.5 Å². The molecule has 3 aromatic rings. The number of hydrogen-bond donors (Lipinski definition) is 0. The Bertz CT molecular complexity index is 1190. The summed E-state index contributed by atoms with van der Waals surface area (Å²) < 4.78 is 5.83. The Kier molecular flexibility index (Phi) is 8.32. The lowest BCUT2D eigenvalue weighted by Crippen LogP contribution is -2.30. The number of aromatic nitrogens is 2. The molecule has 0 N–H and O–H groups in total. The van der Waals surface area contributed by atoms with E-state index in [2.05, 4.69) is 29.9 Å². The number of thioether (sulfide) groups is 1. The predicted octanol–water partition coefficient (Wildman–Crippen LogP) is 5.50. The second kappa shape index (κ2) is 11.8. The van der Waals surface area contributed by atoms with E-state index < -0.39 is 0 Å². The van der Waals surface area contributed by atoms with E-state index in [1.807, 2.05) is 54.9 Å². The van der Waals surface area contributed by atoms with E-state index in [-0.39, 0.29) is 11.1 Å². The molecule has 0 atom stereocenters. The predicted molar refractivity (Wildman–Crippen MR) is 139 cm³/mol. The molecule has 0 unspecified atom stereocenters. The maximum Gasteiger partial charge on any atom is 0.293 e. The highest BCUT2D eigenvalue weighted by molar-refractivity contribution is 8.18. The molecular weight excluding hydrogens is 458 g/mol. The van der Waals surface area contributed by atoms with Crippen LogP contribution in [0.25, 0.3) is 6.08 Å². The number of nitrogens with zero attached hydrogens (tertiary/aromatic N) is 3. The molecule has 2 aromatic heterocycles. The van der Waals surface area contributed by atoms with Gasteiger partial charge in [0, 0.05) is 43.2 Å². The van der Waals surface area contributed by atoms with E-state index in [0.717, 1.165) is 59.3 Å². The van der Waals surface area contributed by atoms with Crippen molar-refractivity contribution in [1.29, 1.82) is 0 Å². The summed E-state index contributed by atoms with van der Waals surface area (Å²) in [5.74, 6) is 0.495. The molecule has 1 aromatic carbocycles. The molecule has 35 heavy (non-hydrogen) atoms. The van der Waals surface area contributed by atoms with E-state index in [4.69, 9.17) is 4.74 Å². The van der Waals surface area contributed by atoms with Gasteiger partial charge in [0.15, 0.2) is 0 Å². The minimum absolute atomic E-state index is 0.244. The minimum Gasteiger partial charge on any atom is -0.493 e. The van der Waals surface area contributed by atoms with Gasteiger partial charge in [0.2, 0.25) is 0 Å². The molecule has 1 aliphatic heterocycles. The van der Waals surface area contributed by atoms with Gasteiger partial charge in [-0.25, -0.2) is 0 Å². The fraction of sp³-hybridized carbons (Fsp3) is 0.286. The van der Waals surface area contributed by atoms with Crippen molar-refractivity contribution in [3.05, 3.63) is 93.9 Å². The van der Waals surface area contributed by atoms with Gasteiger partial charge in [0.1, 0.15) is 5.75 Å². The highest BCUT2D eigenvalue weighted by atomic mass is 32.2. The standard InChI is InChI=1S/C28H29N3O3S/c1-3-20-5-9-23(29-18-20)13-15-31-27(32)26(35-28(31)33)17-22-7-11-25(12-8-22)34-16-14-24-10-6-21(4-2)19-30-24/h5-12,17-19H,3-4,13-16H2,1-2H3/b26-17+. The van der Waals surface area contributed by atoms with Crippen LogP contribution in [-0.4, -0.2) is 39.2 Å². The van der Waals surface area contributed by atoms with Crippen LogP contribution in [0.15, 0.2) is 65.8 Å². The highest BCUT2D eigenvalue weighted by Gasteiger charge is 2.34. The van der Waals surface area contributed by atoms with Crippen molar-refractivity contribution < 1.29 is 14.3 Å². The molecule has 4 rings (SSSR count). The van der Waals surface area contributed by atoms with Crippen LogP contribution in [-0.2, 0) is 30.5 Å². The number of imide groups is 1. The molecule has 3 heterocycles. The van der Waals surface area contributed by atoms with Crippen LogP contribution in [0.5, 0.6) is 5.75 Å². The fourth-order valence-corrected chi connectivity index (χ4v) is 4.49. The third-order valence-corrected chi connectivity index (χ3v) is 6.77. The first-order chi connectivity index (χ1) is 17.1. The maximum atomic E-state index is 12.8. The topological polar surface area (TPSA) is 72.4 Å². The number of carbonyl (C=O) groups excluding carboxylic acids is 2. The monoisotopic (exact) mass is 487 g/mol. The normalized spacial score (nSPS) is 14.7. The molecule has 1 aliphatic rings. The van der Waals surface area contributed by atoms with E-state index in [1.165, 1.54) is 10.5 Å². The molecule has 0 radical (unpaired) electrons. The zero-order valence-corrected chi connectivity index (χ0v) is 20.9. The summed E-state index contributed by atoms with van der Waals surface area (Å²) in [5.41, 5.74) is 5.11. The average molecular weight is 488 g/mol. The van der Waals surface area contributed by atoms with Crippen molar-refractivity contribution in [2.45, 2.75) is 39.5 Å². The Morgan fingerprint density at radius 3 is 2.06 bits per heavy atom. The number of pyridine rings is 2. The Balaban J connectivity index is 1.29. The first-order valence-corrected chi connectivity index (χ1v) is 12.7. The van der Waals surface area contributed by atoms with Crippen molar-refractivity contribution in [2.24, 2.45) is 0 Å². The lowest BCUT2D eigenvalue weighted by atomic mass is 10.2. The van der Waals surface area contributed by atoms with E-state index in [1.54, 1.807) is 6.08 Å². The van der Waals surface area contributed by atoms with E-state index >= 15 is 0 Å².